The zero-order chi connectivity index (χ0) is 15.5. The highest BCUT2D eigenvalue weighted by atomic mass is 16.5. The minimum Gasteiger partial charge on any atom is -0.394 e. The summed E-state index contributed by atoms with van der Waals surface area (Å²) in [5, 5.41) is 11.4. The maximum absolute atomic E-state index is 11.7. The van der Waals surface area contributed by atoms with Gasteiger partial charge < -0.3 is 20.1 Å². The third kappa shape index (κ3) is 7.68. The number of aliphatic hydroxyl groups excluding tert-OH is 1. The Morgan fingerprint density at radius 2 is 1.95 bits per heavy atom. The summed E-state index contributed by atoms with van der Waals surface area (Å²) < 4.78 is 5.12. The highest BCUT2D eigenvalue weighted by molar-refractivity contribution is 5.76. The van der Waals surface area contributed by atoms with E-state index in [2.05, 4.69) is 34.5 Å². The summed E-state index contributed by atoms with van der Waals surface area (Å²) in [6.07, 6.45) is 2.02. The maximum Gasteiger partial charge on any atom is 0.220 e. The van der Waals surface area contributed by atoms with Gasteiger partial charge in [-0.2, -0.15) is 0 Å². The summed E-state index contributed by atoms with van der Waals surface area (Å²) in [6.45, 7) is 1.58. The van der Waals surface area contributed by atoms with Crippen molar-refractivity contribution in [2.75, 3.05) is 45.4 Å². The number of hydrogen-bond donors (Lipinski definition) is 2. The molecule has 0 fully saturated rings. The quantitative estimate of drug-likeness (QED) is 0.637. The number of benzene rings is 1. The molecule has 0 saturated carbocycles. The van der Waals surface area contributed by atoms with Crippen LogP contribution < -0.4 is 10.2 Å². The van der Waals surface area contributed by atoms with Crippen molar-refractivity contribution in [3.05, 3.63) is 29.8 Å². The predicted octanol–water partition coefficient (Wildman–Crippen LogP) is 1.20. The van der Waals surface area contributed by atoms with Crippen molar-refractivity contribution in [1.82, 2.24) is 5.32 Å². The van der Waals surface area contributed by atoms with Crippen LogP contribution in [0.5, 0.6) is 0 Å². The Balaban J connectivity index is 2.15. The summed E-state index contributed by atoms with van der Waals surface area (Å²) in [7, 11) is 4.01. The lowest BCUT2D eigenvalue weighted by Gasteiger charge is -2.12. The lowest BCUT2D eigenvalue weighted by molar-refractivity contribution is -0.121. The van der Waals surface area contributed by atoms with Crippen LogP contribution in [0.25, 0.3) is 0 Å². The molecule has 1 aromatic rings. The van der Waals surface area contributed by atoms with Crippen molar-refractivity contribution in [3.63, 3.8) is 0 Å². The molecule has 0 heterocycles. The topological polar surface area (TPSA) is 61.8 Å². The Kier molecular flexibility index (Phi) is 8.47. The van der Waals surface area contributed by atoms with Crippen LogP contribution in [-0.2, 0) is 16.0 Å². The van der Waals surface area contributed by atoms with Gasteiger partial charge in [0.25, 0.3) is 0 Å². The molecular formula is C16H26N2O3. The van der Waals surface area contributed by atoms with Gasteiger partial charge in [0.2, 0.25) is 5.91 Å². The number of rotatable bonds is 10. The first-order valence-electron chi connectivity index (χ1n) is 7.35. The van der Waals surface area contributed by atoms with Gasteiger partial charge in [0.05, 0.1) is 13.2 Å². The molecule has 1 rings (SSSR count). The summed E-state index contributed by atoms with van der Waals surface area (Å²) in [5.74, 6) is 0.0637. The molecule has 118 valence electrons. The van der Waals surface area contributed by atoms with E-state index >= 15 is 0 Å². The van der Waals surface area contributed by atoms with Gasteiger partial charge >= 0.3 is 0 Å². The zero-order valence-corrected chi connectivity index (χ0v) is 13.0. The van der Waals surface area contributed by atoms with Crippen molar-refractivity contribution in [3.8, 4) is 0 Å². The van der Waals surface area contributed by atoms with E-state index in [4.69, 9.17) is 9.84 Å². The van der Waals surface area contributed by atoms with E-state index < -0.39 is 0 Å². The van der Waals surface area contributed by atoms with Gasteiger partial charge in [-0.3, -0.25) is 4.79 Å². The van der Waals surface area contributed by atoms with Gasteiger partial charge in [0, 0.05) is 39.4 Å². The molecule has 0 saturated heterocycles. The van der Waals surface area contributed by atoms with Crippen LogP contribution in [0.4, 0.5) is 5.69 Å². The van der Waals surface area contributed by atoms with Crippen LogP contribution in [0.2, 0.25) is 0 Å². The largest absolute Gasteiger partial charge is 0.394 e. The molecule has 5 nitrogen and oxygen atoms in total. The first-order chi connectivity index (χ1) is 10.1. The van der Waals surface area contributed by atoms with Gasteiger partial charge in [-0.1, -0.05) is 12.1 Å². The number of aliphatic hydroxyl groups is 1. The average Bonchev–Trinajstić information content (AvgIpc) is 2.49. The molecule has 0 aliphatic rings. The van der Waals surface area contributed by atoms with Crippen LogP contribution in [0.15, 0.2) is 24.3 Å². The fourth-order valence-electron chi connectivity index (χ4n) is 1.88. The number of ether oxygens (including phenoxy) is 1. The first kappa shape index (κ1) is 17.5. The fourth-order valence-corrected chi connectivity index (χ4v) is 1.88. The monoisotopic (exact) mass is 294 g/mol. The molecule has 1 aromatic carbocycles. The molecule has 0 atom stereocenters. The Labute approximate surface area is 126 Å². The van der Waals surface area contributed by atoms with Gasteiger partial charge in [0.15, 0.2) is 0 Å². The molecule has 0 aromatic heterocycles. The minimum absolute atomic E-state index is 0.0406. The second-order valence-corrected chi connectivity index (χ2v) is 5.10. The number of amides is 1. The lowest BCUT2D eigenvalue weighted by atomic mass is 10.1. The highest BCUT2D eigenvalue weighted by Gasteiger charge is 2.02. The Morgan fingerprint density at radius 3 is 2.57 bits per heavy atom. The molecule has 0 spiro atoms. The molecule has 5 heteroatoms. The third-order valence-corrected chi connectivity index (χ3v) is 3.12. The predicted molar refractivity (Wildman–Crippen MR) is 84.6 cm³/mol. The molecule has 2 N–H and O–H groups in total. The van der Waals surface area contributed by atoms with Gasteiger partial charge in [0.1, 0.15) is 0 Å². The van der Waals surface area contributed by atoms with E-state index in [9.17, 15) is 4.79 Å². The highest BCUT2D eigenvalue weighted by Crippen LogP contribution is 2.13. The molecule has 0 bridgehead atoms. The average molecular weight is 294 g/mol. The van der Waals surface area contributed by atoms with Crippen molar-refractivity contribution in [1.29, 1.82) is 0 Å². The molecule has 0 aliphatic heterocycles. The fraction of sp³-hybridized carbons (Fsp3) is 0.562. The van der Waals surface area contributed by atoms with Gasteiger partial charge in [-0.15, -0.1) is 0 Å². The van der Waals surface area contributed by atoms with E-state index in [1.165, 1.54) is 5.56 Å². The molecule has 0 radical (unpaired) electrons. The summed E-state index contributed by atoms with van der Waals surface area (Å²) in [6, 6.07) is 8.24. The Hall–Kier alpha value is -1.59. The van der Waals surface area contributed by atoms with Crippen LogP contribution in [0, 0.1) is 0 Å². The van der Waals surface area contributed by atoms with Crippen LogP contribution in [0.1, 0.15) is 18.4 Å². The van der Waals surface area contributed by atoms with E-state index in [0.717, 1.165) is 18.5 Å². The van der Waals surface area contributed by atoms with Gasteiger partial charge in [-0.05, 0) is 30.5 Å². The zero-order valence-electron chi connectivity index (χ0n) is 13.0. The maximum atomic E-state index is 11.7. The molecule has 0 unspecified atom stereocenters. The summed E-state index contributed by atoms with van der Waals surface area (Å²) >= 11 is 0. The SMILES string of the molecule is CN(C)c1ccc(CCC(=O)NCCCOCCO)cc1. The Bertz CT molecular complexity index is 404. The standard InChI is InChI=1S/C16H26N2O3/c1-18(2)15-7-4-14(5-8-15)6-9-16(20)17-10-3-12-21-13-11-19/h4-5,7-8,19H,3,6,9-13H2,1-2H3,(H,17,20). The number of carbonyl (C=O) groups excluding carboxylic acids is 1. The molecule has 0 aliphatic carbocycles. The van der Waals surface area contributed by atoms with Gasteiger partial charge in [-0.25, -0.2) is 0 Å². The normalized spacial score (nSPS) is 10.4. The van der Waals surface area contributed by atoms with E-state index in [1.54, 1.807) is 0 Å². The molecular weight excluding hydrogens is 268 g/mol. The smallest absolute Gasteiger partial charge is 0.220 e. The summed E-state index contributed by atoms with van der Waals surface area (Å²) in [4.78, 5) is 13.7. The second-order valence-electron chi connectivity index (χ2n) is 5.10. The Morgan fingerprint density at radius 1 is 1.24 bits per heavy atom. The van der Waals surface area contributed by atoms with Crippen molar-refractivity contribution < 1.29 is 14.6 Å². The number of nitrogens with one attached hydrogen (secondary N) is 1. The van der Waals surface area contributed by atoms with Crippen molar-refractivity contribution in [2.45, 2.75) is 19.3 Å². The number of anilines is 1. The molecule has 21 heavy (non-hydrogen) atoms. The van der Waals surface area contributed by atoms with Crippen LogP contribution >= 0.6 is 0 Å². The van der Waals surface area contributed by atoms with Crippen LogP contribution in [-0.4, -0.2) is 51.5 Å². The number of hydrogen-bond acceptors (Lipinski definition) is 4. The van der Waals surface area contributed by atoms with Crippen LogP contribution in [0.3, 0.4) is 0 Å². The van der Waals surface area contributed by atoms with E-state index in [0.29, 0.717) is 26.2 Å². The number of carbonyl (C=O) groups is 1. The molecule has 1 amide bonds. The summed E-state index contributed by atoms with van der Waals surface area (Å²) in [5.41, 5.74) is 2.33. The number of aryl methyl sites for hydroxylation is 1. The van der Waals surface area contributed by atoms with E-state index in [-0.39, 0.29) is 12.5 Å². The van der Waals surface area contributed by atoms with E-state index in [1.807, 2.05) is 14.1 Å². The first-order valence-corrected chi connectivity index (χ1v) is 7.35. The number of nitrogens with zero attached hydrogens (tertiary/aromatic N) is 1. The third-order valence-electron chi connectivity index (χ3n) is 3.12. The minimum atomic E-state index is 0.0406. The van der Waals surface area contributed by atoms with Crippen molar-refractivity contribution in [2.24, 2.45) is 0 Å². The van der Waals surface area contributed by atoms with Crippen molar-refractivity contribution >= 4 is 11.6 Å². The lowest BCUT2D eigenvalue weighted by Crippen LogP contribution is -2.25. The second kappa shape index (κ2) is 10.2.